The molecule has 2 rings (SSSR count). The molecule has 4 nitrogen and oxygen atoms in total. The molecule has 3 N–H and O–H groups in total. The number of amides is 1. The lowest BCUT2D eigenvalue weighted by molar-refractivity contribution is 0.0932. The summed E-state index contributed by atoms with van der Waals surface area (Å²) in [7, 11) is 0. The van der Waals surface area contributed by atoms with Crippen molar-refractivity contribution in [1.29, 1.82) is 0 Å². The lowest BCUT2D eigenvalue weighted by Crippen LogP contribution is -2.33. The number of carbonyl (C=O) groups is 1. The third-order valence-electron chi connectivity index (χ3n) is 2.78. The number of aromatic nitrogens is 1. The van der Waals surface area contributed by atoms with E-state index in [4.69, 9.17) is 5.73 Å². The highest BCUT2D eigenvalue weighted by molar-refractivity contribution is 5.93. The SMILES string of the molecule is CC(CC1CC1)NC(=O)c1cc(N)ccn1. The molecule has 1 aromatic rings. The summed E-state index contributed by atoms with van der Waals surface area (Å²) in [5.74, 6) is 0.671. The Hall–Kier alpha value is -1.58. The first-order chi connectivity index (χ1) is 7.65. The van der Waals surface area contributed by atoms with Crippen LogP contribution in [0, 0.1) is 5.92 Å². The Bertz CT molecular complexity index is 388. The smallest absolute Gasteiger partial charge is 0.270 e. The van der Waals surface area contributed by atoms with Crippen molar-refractivity contribution < 1.29 is 4.79 Å². The van der Waals surface area contributed by atoms with E-state index in [1.54, 1.807) is 18.3 Å². The Balaban J connectivity index is 1.91. The predicted molar refractivity (Wildman–Crippen MR) is 62.9 cm³/mol. The van der Waals surface area contributed by atoms with Crippen LogP contribution in [0.15, 0.2) is 18.3 Å². The molecule has 4 heteroatoms. The molecule has 1 amide bonds. The maximum atomic E-state index is 11.8. The van der Waals surface area contributed by atoms with Crippen LogP contribution in [0.4, 0.5) is 5.69 Å². The van der Waals surface area contributed by atoms with E-state index >= 15 is 0 Å². The number of anilines is 1. The zero-order valence-corrected chi connectivity index (χ0v) is 9.44. The van der Waals surface area contributed by atoms with Crippen LogP contribution in [0.5, 0.6) is 0 Å². The van der Waals surface area contributed by atoms with Gasteiger partial charge in [0.05, 0.1) is 0 Å². The van der Waals surface area contributed by atoms with E-state index in [1.165, 1.54) is 12.8 Å². The molecular weight excluding hydrogens is 202 g/mol. The molecule has 0 aromatic carbocycles. The van der Waals surface area contributed by atoms with Gasteiger partial charge < -0.3 is 11.1 Å². The molecule has 0 aliphatic heterocycles. The van der Waals surface area contributed by atoms with E-state index < -0.39 is 0 Å². The van der Waals surface area contributed by atoms with Crippen molar-refractivity contribution in [3.8, 4) is 0 Å². The minimum Gasteiger partial charge on any atom is -0.399 e. The highest BCUT2D eigenvalue weighted by atomic mass is 16.1. The molecule has 1 fully saturated rings. The van der Waals surface area contributed by atoms with Crippen LogP contribution < -0.4 is 11.1 Å². The normalized spacial score (nSPS) is 16.8. The fourth-order valence-electron chi connectivity index (χ4n) is 1.78. The molecular formula is C12H17N3O. The van der Waals surface area contributed by atoms with Gasteiger partial charge in [0.15, 0.2) is 0 Å². The lowest BCUT2D eigenvalue weighted by atomic mass is 10.1. The van der Waals surface area contributed by atoms with Gasteiger partial charge in [-0.05, 0) is 31.4 Å². The van der Waals surface area contributed by atoms with E-state index in [2.05, 4.69) is 10.3 Å². The fourth-order valence-corrected chi connectivity index (χ4v) is 1.78. The standard InChI is InChI=1S/C12H17N3O/c1-8(6-9-2-3-9)15-12(16)11-7-10(13)4-5-14-11/h4-5,7-9H,2-3,6H2,1H3,(H2,13,14)(H,15,16). The Morgan fingerprint density at radius 1 is 1.69 bits per heavy atom. The first kappa shape index (κ1) is 10.9. The summed E-state index contributed by atoms with van der Waals surface area (Å²) in [5, 5.41) is 2.94. The van der Waals surface area contributed by atoms with Gasteiger partial charge in [0.1, 0.15) is 5.69 Å². The van der Waals surface area contributed by atoms with E-state index in [9.17, 15) is 4.79 Å². The van der Waals surface area contributed by atoms with Crippen molar-refractivity contribution in [2.45, 2.75) is 32.2 Å². The first-order valence-electron chi connectivity index (χ1n) is 5.67. The molecule has 1 saturated carbocycles. The van der Waals surface area contributed by atoms with E-state index in [1.807, 2.05) is 6.92 Å². The minimum absolute atomic E-state index is 0.138. The second kappa shape index (κ2) is 4.51. The largest absolute Gasteiger partial charge is 0.399 e. The van der Waals surface area contributed by atoms with Crippen LogP contribution in [0.1, 0.15) is 36.7 Å². The number of nitrogen functional groups attached to an aromatic ring is 1. The summed E-state index contributed by atoms with van der Waals surface area (Å²) in [5.41, 5.74) is 6.55. The molecule has 1 heterocycles. The number of pyridine rings is 1. The number of rotatable bonds is 4. The number of nitrogens with zero attached hydrogens (tertiary/aromatic N) is 1. The topological polar surface area (TPSA) is 68.0 Å². The molecule has 86 valence electrons. The van der Waals surface area contributed by atoms with E-state index in [-0.39, 0.29) is 11.9 Å². The zero-order valence-electron chi connectivity index (χ0n) is 9.44. The summed E-state index contributed by atoms with van der Waals surface area (Å²) >= 11 is 0. The molecule has 16 heavy (non-hydrogen) atoms. The van der Waals surface area contributed by atoms with Crippen molar-refractivity contribution >= 4 is 11.6 Å². The molecule has 0 radical (unpaired) electrons. The molecule has 0 spiro atoms. The highest BCUT2D eigenvalue weighted by Crippen LogP contribution is 2.33. The van der Waals surface area contributed by atoms with Gasteiger partial charge in [-0.15, -0.1) is 0 Å². The van der Waals surface area contributed by atoms with Gasteiger partial charge in [0.2, 0.25) is 0 Å². The second-order valence-electron chi connectivity index (χ2n) is 4.53. The maximum absolute atomic E-state index is 11.8. The quantitative estimate of drug-likeness (QED) is 0.808. The molecule has 1 aliphatic rings. The first-order valence-corrected chi connectivity index (χ1v) is 5.67. The van der Waals surface area contributed by atoms with Crippen molar-refractivity contribution in [1.82, 2.24) is 10.3 Å². The van der Waals surface area contributed by atoms with E-state index in [0.29, 0.717) is 11.4 Å². The maximum Gasteiger partial charge on any atom is 0.270 e. The fraction of sp³-hybridized carbons (Fsp3) is 0.500. The van der Waals surface area contributed by atoms with Crippen LogP contribution in [-0.2, 0) is 0 Å². The number of carbonyl (C=O) groups excluding carboxylic acids is 1. The zero-order chi connectivity index (χ0) is 11.5. The molecule has 1 aromatic heterocycles. The van der Waals surface area contributed by atoms with Crippen molar-refractivity contribution in [3.05, 3.63) is 24.0 Å². The second-order valence-corrected chi connectivity index (χ2v) is 4.53. The van der Waals surface area contributed by atoms with Crippen LogP contribution in [-0.4, -0.2) is 16.9 Å². The van der Waals surface area contributed by atoms with Gasteiger partial charge in [0, 0.05) is 17.9 Å². The summed E-state index contributed by atoms with van der Waals surface area (Å²) in [4.78, 5) is 15.8. The summed E-state index contributed by atoms with van der Waals surface area (Å²) in [6, 6.07) is 3.48. The number of nitrogens with two attached hydrogens (primary N) is 1. The van der Waals surface area contributed by atoms with Gasteiger partial charge in [-0.2, -0.15) is 0 Å². The monoisotopic (exact) mass is 219 g/mol. The van der Waals surface area contributed by atoms with E-state index in [0.717, 1.165) is 12.3 Å². The van der Waals surface area contributed by atoms with Gasteiger partial charge in [0.25, 0.3) is 5.91 Å². The predicted octanol–water partition coefficient (Wildman–Crippen LogP) is 1.58. The Labute approximate surface area is 95.3 Å². The van der Waals surface area contributed by atoms with Crippen molar-refractivity contribution in [3.63, 3.8) is 0 Å². The van der Waals surface area contributed by atoms with Crippen LogP contribution in [0.3, 0.4) is 0 Å². The minimum atomic E-state index is -0.138. The van der Waals surface area contributed by atoms with Crippen molar-refractivity contribution in [2.24, 2.45) is 5.92 Å². The van der Waals surface area contributed by atoms with Gasteiger partial charge in [-0.3, -0.25) is 9.78 Å². The van der Waals surface area contributed by atoms with Gasteiger partial charge in [-0.1, -0.05) is 12.8 Å². The molecule has 0 saturated heterocycles. The van der Waals surface area contributed by atoms with Crippen LogP contribution >= 0.6 is 0 Å². The van der Waals surface area contributed by atoms with Crippen molar-refractivity contribution in [2.75, 3.05) is 5.73 Å². The highest BCUT2D eigenvalue weighted by Gasteiger charge is 2.24. The third-order valence-corrected chi connectivity index (χ3v) is 2.78. The summed E-state index contributed by atoms with van der Waals surface area (Å²) in [6.07, 6.45) is 5.22. The number of hydrogen-bond acceptors (Lipinski definition) is 3. The Kier molecular flexibility index (Phi) is 3.08. The Morgan fingerprint density at radius 2 is 2.44 bits per heavy atom. The average molecular weight is 219 g/mol. The lowest BCUT2D eigenvalue weighted by Gasteiger charge is -2.12. The summed E-state index contributed by atoms with van der Waals surface area (Å²) < 4.78 is 0. The molecule has 1 atom stereocenters. The van der Waals surface area contributed by atoms with Gasteiger partial charge in [-0.25, -0.2) is 0 Å². The molecule has 0 bridgehead atoms. The Morgan fingerprint density at radius 3 is 3.06 bits per heavy atom. The molecule has 1 aliphatic carbocycles. The number of hydrogen-bond donors (Lipinski definition) is 2. The van der Waals surface area contributed by atoms with Gasteiger partial charge >= 0.3 is 0 Å². The number of nitrogens with one attached hydrogen (secondary N) is 1. The van der Waals surface area contributed by atoms with Crippen LogP contribution in [0.25, 0.3) is 0 Å². The third kappa shape index (κ3) is 2.95. The average Bonchev–Trinajstić information content (AvgIpc) is 3.01. The molecule has 1 unspecified atom stereocenters. The summed E-state index contributed by atoms with van der Waals surface area (Å²) in [6.45, 7) is 2.03. The van der Waals surface area contributed by atoms with Crippen LogP contribution in [0.2, 0.25) is 0 Å².